The molecule has 0 saturated heterocycles. The second kappa shape index (κ2) is 3.24. The Morgan fingerprint density at radius 2 is 1.85 bits per heavy atom. The third-order valence-corrected chi connectivity index (χ3v) is 2.88. The van der Waals surface area contributed by atoms with Gasteiger partial charge in [0.05, 0.1) is 6.42 Å². The fraction of sp³-hybridized carbons (Fsp3) is 0.818. The molecule has 0 aromatic carbocycles. The van der Waals surface area contributed by atoms with Gasteiger partial charge in [0.1, 0.15) is 11.6 Å². The summed E-state index contributed by atoms with van der Waals surface area (Å²) in [7, 11) is 0. The zero-order chi connectivity index (χ0) is 10.2. The van der Waals surface area contributed by atoms with Crippen molar-refractivity contribution in [3.05, 3.63) is 0 Å². The van der Waals surface area contributed by atoms with E-state index in [4.69, 9.17) is 0 Å². The lowest BCUT2D eigenvalue weighted by Crippen LogP contribution is -2.42. The van der Waals surface area contributed by atoms with Crippen LogP contribution in [0.5, 0.6) is 0 Å². The van der Waals surface area contributed by atoms with Crippen molar-refractivity contribution in [1.29, 1.82) is 0 Å². The quantitative estimate of drug-likeness (QED) is 0.583. The minimum atomic E-state index is -0.138. The molecule has 1 unspecified atom stereocenters. The molecule has 2 nitrogen and oxygen atoms in total. The Balaban J connectivity index is 2.92. The van der Waals surface area contributed by atoms with E-state index >= 15 is 0 Å². The fourth-order valence-electron chi connectivity index (χ4n) is 2.69. The van der Waals surface area contributed by atoms with Crippen LogP contribution < -0.4 is 0 Å². The molecule has 0 N–H and O–H groups in total. The van der Waals surface area contributed by atoms with Crippen LogP contribution in [0.1, 0.15) is 40.5 Å². The summed E-state index contributed by atoms with van der Waals surface area (Å²) in [6, 6.07) is 0. The first kappa shape index (κ1) is 10.4. The van der Waals surface area contributed by atoms with Crippen molar-refractivity contribution in [3.8, 4) is 0 Å². The largest absolute Gasteiger partial charge is 0.299 e. The van der Waals surface area contributed by atoms with Gasteiger partial charge in [-0.05, 0) is 11.3 Å². The Bertz CT molecular complexity index is 238. The molecule has 1 atom stereocenters. The Hall–Kier alpha value is -0.660. The molecule has 74 valence electrons. The van der Waals surface area contributed by atoms with E-state index in [-0.39, 0.29) is 29.3 Å². The molecule has 1 aliphatic rings. The number of rotatable bonds is 1. The summed E-state index contributed by atoms with van der Waals surface area (Å²) >= 11 is 0. The van der Waals surface area contributed by atoms with Crippen molar-refractivity contribution in [2.24, 2.45) is 17.3 Å². The first-order valence-electron chi connectivity index (χ1n) is 4.89. The molecule has 0 spiro atoms. The summed E-state index contributed by atoms with van der Waals surface area (Å²) in [5.74, 6) is 0.643. The predicted octanol–water partition coefficient (Wildman–Crippen LogP) is 2.22. The molecule has 0 aromatic heterocycles. The highest BCUT2D eigenvalue weighted by molar-refractivity contribution is 6.03. The molecule has 0 bridgehead atoms. The molecular formula is C11H18O2. The monoisotopic (exact) mass is 182 g/mol. The average molecular weight is 182 g/mol. The number of hydrogen-bond donors (Lipinski definition) is 0. The topological polar surface area (TPSA) is 34.1 Å². The molecule has 1 rings (SSSR count). The van der Waals surface area contributed by atoms with E-state index < -0.39 is 0 Å². The number of ketones is 2. The number of hydrogen-bond acceptors (Lipinski definition) is 2. The summed E-state index contributed by atoms with van der Waals surface area (Å²) in [4.78, 5) is 22.9. The second-order valence-electron chi connectivity index (χ2n) is 5.07. The molecule has 1 aliphatic carbocycles. The lowest BCUT2D eigenvalue weighted by Gasteiger charge is -2.38. The van der Waals surface area contributed by atoms with Gasteiger partial charge in [0, 0.05) is 12.3 Å². The third kappa shape index (κ3) is 1.98. The summed E-state index contributed by atoms with van der Waals surface area (Å²) in [5.41, 5.74) is -0.138. The lowest BCUT2D eigenvalue weighted by molar-refractivity contribution is -0.140. The Morgan fingerprint density at radius 1 is 1.31 bits per heavy atom. The number of Topliss-reactive ketones (excluding diaryl/α,β-unsaturated/α-hetero) is 2. The van der Waals surface area contributed by atoms with Gasteiger partial charge in [0.25, 0.3) is 0 Å². The summed E-state index contributed by atoms with van der Waals surface area (Å²) in [6.07, 6.45) is 0.716. The maximum absolute atomic E-state index is 11.6. The van der Waals surface area contributed by atoms with Crippen molar-refractivity contribution in [2.75, 3.05) is 0 Å². The van der Waals surface area contributed by atoms with Crippen molar-refractivity contribution in [2.45, 2.75) is 40.5 Å². The van der Waals surface area contributed by atoms with Gasteiger partial charge < -0.3 is 0 Å². The third-order valence-electron chi connectivity index (χ3n) is 2.88. The maximum atomic E-state index is 11.6. The highest BCUT2D eigenvalue weighted by Crippen LogP contribution is 2.40. The predicted molar refractivity (Wildman–Crippen MR) is 51.4 cm³/mol. The van der Waals surface area contributed by atoms with Gasteiger partial charge in [-0.25, -0.2) is 0 Å². The maximum Gasteiger partial charge on any atom is 0.144 e. The molecule has 1 fully saturated rings. The Kier molecular flexibility index (Phi) is 2.60. The van der Waals surface area contributed by atoms with E-state index in [1.165, 1.54) is 0 Å². The van der Waals surface area contributed by atoms with Crippen LogP contribution in [0.15, 0.2) is 0 Å². The molecule has 0 aromatic rings. The van der Waals surface area contributed by atoms with E-state index in [0.29, 0.717) is 12.3 Å². The van der Waals surface area contributed by atoms with Crippen molar-refractivity contribution in [1.82, 2.24) is 0 Å². The van der Waals surface area contributed by atoms with Crippen LogP contribution in [0.3, 0.4) is 0 Å². The van der Waals surface area contributed by atoms with Crippen LogP contribution in [0.2, 0.25) is 0 Å². The van der Waals surface area contributed by atoms with Crippen LogP contribution >= 0.6 is 0 Å². The first-order valence-corrected chi connectivity index (χ1v) is 4.89. The lowest BCUT2D eigenvalue weighted by atomic mass is 9.63. The first-order chi connectivity index (χ1) is 5.84. The van der Waals surface area contributed by atoms with Crippen LogP contribution in [-0.2, 0) is 9.59 Å². The van der Waals surface area contributed by atoms with Crippen LogP contribution in [0.4, 0.5) is 0 Å². The van der Waals surface area contributed by atoms with Gasteiger partial charge >= 0.3 is 0 Å². The highest BCUT2D eigenvalue weighted by atomic mass is 16.1. The minimum absolute atomic E-state index is 0.0604. The fourth-order valence-corrected chi connectivity index (χ4v) is 2.69. The van der Waals surface area contributed by atoms with Gasteiger partial charge in [-0.15, -0.1) is 0 Å². The smallest absolute Gasteiger partial charge is 0.144 e. The molecule has 0 amide bonds. The van der Waals surface area contributed by atoms with Crippen LogP contribution in [-0.4, -0.2) is 11.6 Å². The minimum Gasteiger partial charge on any atom is -0.299 e. The molecule has 0 aliphatic heterocycles. The standard InChI is InChI=1S/C11H18O2/c1-7(2)10-9(13)5-8(12)6-11(10,3)4/h7,10H,5-6H2,1-4H3. The summed E-state index contributed by atoms with van der Waals surface area (Å²) < 4.78 is 0. The Morgan fingerprint density at radius 3 is 2.23 bits per heavy atom. The van der Waals surface area contributed by atoms with E-state index in [2.05, 4.69) is 13.8 Å². The second-order valence-corrected chi connectivity index (χ2v) is 5.07. The van der Waals surface area contributed by atoms with Crippen molar-refractivity contribution in [3.63, 3.8) is 0 Å². The molecular weight excluding hydrogens is 164 g/mol. The van der Waals surface area contributed by atoms with Gasteiger partial charge in [0.15, 0.2) is 0 Å². The molecule has 0 heterocycles. The van der Waals surface area contributed by atoms with Crippen molar-refractivity contribution < 1.29 is 9.59 Å². The van der Waals surface area contributed by atoms with Crippen LogP contribution in [0, 0.1) is 17.3 Å². The molecule has 2 heteroatoms. The van der Waals surface area contributed by atoms with Gasteiger partial charge in [-0.2, -0.15) is 0 Å². The highest BCUT2D eigenvalue weighted by Gasteiger charge is 2.42. The van der Waals surface area contributed by atoms with Gasteiger partial charge in [-0.3, -0.25) is 9.59 Å². The number of carbonyl (C=O) groups is 2. The molecule has 13 heavy (non-hydrogen) atoms. The SMILES string of the molecule is CC(C)C1C(=O)CC(=O)CC1(C)C. The van der Waals surface area contributed by atoms with Crippen molar-refractivity contribution >= 4 is 11.6 Å². The van der Waals surface area contributed by atoms with Gasteiger partial charge in [0.2, 0.25) is 0 Å². The van der Waals surface area contributed by atoms with Crippen LogP contribution in [0.25, 0.3) is 0 Å². The molecule has 0 radical (unpaired) electrons. The summed E-state index contributed by atoms with van der Waals surface area (Å²) in [6.45, 7) is 8.15. The zero-order valence-electron chi connectivity index (χ0n) is 8.89. The Labute approximate surface area is 79.7 Å². The van der Waals surface area contributed by atoms with E-state index in [1.54, 1.807) is 0 Å². The average Bonchev–Trinajstić information content (AvgIpc) is 1.78. The van der Waals surface area contributed by atoms with E-state index in [1.807, 2.05) is 13.8 Å². The zero-order valence-corrected chi connectivity index (χ0v) is 8.89. The number of carbonyl (C=O) groups excluding carboxylic acids is 2. The van der Waals surface area contributed by atoms with Gasteiger partial charge in [-0.1, -0.05) is 27.7 Å². The summed E-state index contributed by atoms with van der Waals surface area (Å²) in [5, 5.41) is 0. The van der Waals surface area contributed by atoms with E-state index in [9.17, 15) is 9.59 Å². The normalized spacial score (nSPS) is 28.2. The molecule has 1 saturated carbocycles. The van der Waals surface area contributed by atoms with E-state index in [0.717, 1.165) is 0 Å².